The Morgan fingerprint density at radius 3 is 2.89 bits per heavy atom. The standard InChI is InChI=1S/C15H21N3/c1-3-8-18-14-7-5-4-6-13(14)17-15(18)12-10-16-9-11(12)2/h4-7,11-12,16H,3,8-10H2,1-2H3/t11-,12-/m1/s1. The summed E-state index contributed by atoms with van der Waals surface area (Å²) < 4.78 is 2.42. The van der Waals surface area contributed by atoms with Gasteiger partial charge in [0.15, 0.2) is 0 Å². The van der Waals surface area contributed by atoms with Gasteiger partial charge in [0, 0.05) is 19.0 Å². The molecular formula is C15H21N3. The van der Waals surface area contributed by atoms with Crippen LogP contribution in [-0.2, 0) is 6.54 Å². The molecule has 1 aliphatic rings. The van der Waals surface area contributed by atoms with Crippen LogP contribution in [0, 0.1) is 5.92 Å². The van der Waals surface area contributed by atoms with E-state index in [1.54, 1.807) is 0 Å². The molecule has 1 fully saturated rings. The number of nitrogens with zero attached hydrogens (tertiary/aromatic N) is 2. The molecule has 0 saturated carbocycles. The Kier molecular flexibility index (Phi) is 3.08. The van der Waals surface area contributed by atoms with Crippen molar-refractivity contribution >= 4 is 11.0 Å². The van der Waals surface area contributed by atoms with Gasteiger partial charge < -0.3 is 9.88 Å². The van der Waals surface area contributed by atoms with Crippen LogP contribution in [0.3, 0.4) is 0 Å². The van der Waals surface area contributed by atoms with Gasteiger partial charge in [-0.15, -0.1) is 0 Å². The third-order valence-corrected chi connectivity index (χ3v) is 3.98. The van der Waals surface area contributed by atoms with E-state index in [0.29, 0.717) is 11.8 Å². The molecule has 3 rings (SSSR count). The highest BCUT2D eigenvalue weighted by Crippen LogP contribution is 2.30. The predicted molar refractivity (Wildman–Crippen MR) is 74.8 cm³/mol. The van der Waals surface area contributed by atoms with Crippen molar-refractivity contribution in [3.63, 3.8) is 0 Å². The number of rotatable bonds is 3. The van der Waals surface area contributed by atoms with Gasteiger partial charge in [-0.2, -0.15) is 0 Å². The SMILES string of the molecule is CCCn1c([C@@H]2CNC[C@H]2C)nc2ccccc21. The first-order valence-electron chi connectivity index (χ1n) is 6.97. The van der Waals surface area contributed by atoms with E-state index in [0.717, 1.165) is 31.6 Å². The summed E-state index contributed by atoms with van der Waals surface area (Å²) in [5, 5.41) is 3.48. The lowest BCUT2D eigenvalue weighted by Gasteiger charge is -2.16. The van der Waals surface area contributed by atoms with Crippen molar-refractivity contribution in [3.05, 3.63) is 30.1 Å². The highest BCUT2D eigenvalue weighted by atomic mass is 15.1. The number of benzene rings is 1. The summed E-state index contributed by atoms with van der Waals surface area (Å²) in [6.45, 7) is 7.79. The molecule has 2 atom stereocenters. The number of hydrogen-bond donors (Lipinski definition) is 1. The van der Waals surface area contributed by atoms with Crippen molar-refractivity contribution in [1.29, 1.82) is 0 Å². The molecule has 0 unspecified atom stereocenters. The lowest BCUT2D eigenvalue weighted by atomic mass is 9.97. The zero-order chi connectivity index (χ0) is 12.5. The second-order valence-electron chi connectivity index (χ2n) is 5.35. The first-order chi connectivity index (χ1) is 8.81. The summed E-state index contributed by atoms with van der Waals surface area (Å²) in [6, 6.07) is 8.49. The summed E-state index contributed by atoms with van der Waals surface area (Å²) in [5.74, 6) is 2.51. The molecule has 1 saturated heterocycles. The molecule has 0 radical (unpaired) electrons. The maximum Gasteiger partial charge on any atom is 0.114 e. The van der Waals surface area contributed by atoms with Crippen LogP contribution in [0.1, 0.15) is 32.0 Å². The van der Waals surface area contributed by atoms with Crippen LogP contribution in [0.2, 0.25) is 0 Å². The van der Waals surface area contributed by atoms with Crippen molar-refractivity contribution in [2.24, 2.45) is 5.92 Å². The van der Waals surface area contributed by atoms with Crippen molar-refractivity contribution in [1.82, 2.24) is 14.9 Å². The van der Waals surface area contributed by atoms with Crippen molar-refractivity contribution in [2.45, 2.75) is 32.7 Å². The van der Waals surface area contributed by atoms with E-state index in [1.165, 1.54) is 11.3 Å². The Balaban J connectivity index is 2.12. The zero-order valence-corrected chi connectivity index (χ0v) is 11.2. The molecule has 1 aromatic carbocycles. The molecule has 0 aliphatic carbocycles. The average molecular weight is 243 g/mol. The van der Waals surface area contributed by atoms with Gasteiger partial charge in [0.05, 0.1) is 11.0 Å². The van der Waals surface area contributed by atoms with E-state index in [4.69, 9.17) is 4.98 Å². The maximum atomic E-state index is 4.89. The van der Waals surface area contributed by atoms with Gasteiger partial charge in [0.25, 0.3) is 0 Å². The monoisotopic (exact) mass is 243 g/mol. The van der Waals surface area contributed by atoms with E-state index in [2.05, 4.69) is 48.0 Å². The second kappa shape index (κ2) is 4.73. The summed E-state index contributed by atoms with van der Waals surface area (Å²) in [6.07, 6.45) is 1.15. The van der Waals surface area contributed by atoms with Gasteiger partial charge in [-0.25, -0.2) is 4.98 Å². The van der Waals surface area contributed by atoms with Crippen LogP contribution in [0.5, 0.6) is 0 Å². The molecular weight excluding hydrogens is 222 g/mol. The normalized spacial score (nSPS) is 23.9. The van der Waals surface area contributed by atoms with E-state index in [1.807, 2.05) is 0 Å². The minimum absolute atomic E-state index is 0.559. The molecule has 3 heteroatoms. The van der Waals surface area contributed by atoms with Gasteiger partial charge >= 0.3 is 0 Å². The number of imidazole rings is 1. The Morgan fingerprint density at radius 2 is 2.17 bits per heavy atom. The van der Waals surface area contributed by atoms with E-state index < -0.39 is 0 Å². The molecule has 1 aliphatic heterocycles. The van der Waals surface area contributed by atoms with Crippen LogP contribution in [0.4, 0.5) is 0 Å². The highest BCUT2D eigenvalue weighted by Gasteiger charge is 2.29. The van der Waals surface area contributed by atoms with Crippen LogP contribution in [-0.4, -0.2) is 22.6 Å². The zero-order valence-electron chi connectivity index (χ0n) is 11.2. The van der Waals surface area contributed by atoms with Gasteiger partial charge in [0.1, 0.15) is 5.82 Å². The summed E-state index contributed by atoms with van der Waals surface area (Å²) in [7, 11) is 0. The lowest BCUT2D eigenvalue weighted by molar-refractivity contribution is 0.514. The van der Waals surface area contributed by atoms with Crippen LogP contribution in [0.25, 0.3) is 11.0 Å². The van der Waals surface area contributed by atoms with Crippen LogP contribution >= 0.6 is 0 Å². The van der Waals surface area contributed by atoms with Gasteiger partial charge in [-0.05, 0) is 31.0 Å². The molecule has 0 spiro atoms. The minimum atomic E-state index is 0.559. The number of para-hydroxylation sites is 2. The number of hydrogen-bond acceptors (Lipinski definition) is 2. The van der Waals surface area contributed by atoms with Gasteiger partial charge in [-0.3, -0.25) is 0 Å². The van der Waals surface area contributed by atoms with Crippen molar-refractivity contribution in [3.8, 4) is 0 Å². The van der Waals surface area contributed by atoms with Crippen LogP contribution in [0.15, 0.2) is 24.3 Å². The van der Waals surface area contributed by atoms with Crippen molar-refractivity contribution < 1.29 is 0 Å². The molecule has 0 bridgehead atoms. The Bertz CT molecular complexity index is 544. The van der Waals surface area contributed by atoms with Crippen LogP contribution < -0.4 is 5.32 Å². The fourth-order valence-electron chi connectivity index (χ4n) is 2.99. The first kappa shape index (κ1) is 11.7. The molecule has 1 N–H and O–H groups in total. The highest BCUT2D eigenvalue weighted by molar-refractivity contribution is 5.76. The molecule has 18 heavy (non-hydrogen) atoms. The predicted octanol–water partition coefficient (Wildman–Crippen LogP) is 2.77. The number of nitrogens with one attached hydrogen (secondary N) is 1. The third-order valence-electron chi connectivity index (χ3n) is 3.98. The number of aryl methyl sites for hydroxylation is 1. The average Bonchev–Trinajstić information content (AvgIpc) is 2.94. The third kappa shape index (κ3) is 1.83. The number of fused-ring (bicyclic) bond motifs is 1. The molecule has 96 valence electrons. The molecule has 3 nitrogen and oxygen atoms in total. The first-order valence-corrected chi connectivity index (χ1v) is 6.97. The molecule has 0 amide bonds. The molecule has 2 heterocycles. The Labute approximate surface area is 108 Å². The Morgan fingerprint density at radius 1 is 1.33 bits per heavy atom. The Hall–Kier alpha value is -1.35. The van der Waals surface area contributed by atoms with Gasteiger partial charge in [0.2, 0.25) is 0 Å². The smallest absolute Gasteiger partial charge is 0.114 e. The van der Waals surface area contributed by atoms with E-state index in [-0.39, 0.29) is 0 Å². The quantitative estimate of drug-likeness (QED) is 0.898. The van der Waals surface area contributed by atoms with E-state index >= 15 is 0 Å². The second-order valence-corrected chi connectivity index (χ2v) is 5.35. The van der Waals surface area contributed by atoms with Crippen molar-refractivity contribution in [2.75, 3.05) is 13.1 Å². The fraction of sp³-hybridized carbons (Fsp3) is 0.533. The van der Waals surface area contributed by atoms with Gasteiger partial charge in [-0.1, -0.05) is 26.0 Å². The summed E-state index contributed by atoms with van der Waals surface area (Å²) >= 11 is 0. The minimum Gasteiger partial charge on any atom is -0.328 e. The largest absolute Gasteiger partial charge is 0.328 e. The topological polar surface area (TPSA) is 29.9 Å². The summed E-state index contributed by atoms with van der Waals surface area (Å²) in [4.78, 5) is 4.89. The number of aromatic nitrogens is 2. The fourth-order valence-corrected chi connectivity index (χ4v) is 2.99. The van der Waals surface area contributed by atoms with E-state index in [9.17, 15) is 0 Å². The molecule has 1 aromatic heterocycles. The lowest BCUT2D eigenvalue weighted by Crippen LogP contribution is -2.15. The molecule has 2 aromatic rings. The maximum absolute atomic E-state index is 4.89. The summed E-state index contributed by atoms with van der Waals surface area (Å²) in [5.41, 5.74) is 2.42.